The molecule has 3 rings (SSSR count). The van der Waals surface area contributed by atoms with Crippen LogP contribution in [0, 0.1) is 0 Å². The molecule has 1 aromatic heterocycles. The van der Waals surface area contributed by atoms with Crippen molar-refractivity contribution in [2.24, 2.45) is 4.99 Å². The second-order valence-corrected chi connectivity index (χ2v) is 6.99. The average molecular weight is 418 g/mol. The molecule has 0 saturated carbocycles. The van der Waals surface area contributed by atoms with E-state index in [1.54, 1.807) is 0 Å². The summed E-state index contributed by atoms with van der Waals surface area (Å²) in [6.07, 6.45) is 2.28. The second kappa shape index (κ2) is 10.2. The number of isocyanates is 1. The molecule has 1 unspecified atom stereocenters. The number of pyridine rings is 1. The maximum atomic E-state index is 13.2. The SMILES string of the molecule is CC(C(=O)O)n1c(Cc2ccccc2)cc(N=C=O)c(OCCc2ccccc2)c1=O. The Bertz CT molecular complexity index is 1150. The summed E-state index contributed by atoms with van der Waals surface area (Å²) in [4.78, 5) is 39.6. The van der Waals surface area contributed by atoms with Crippen molar-refractivity contribution in [3.05, 3.63) is 93.9 Å². The number of carboxylic acid groups (broad SMARTS) is 1. The predicted molar refractivity (Wildman–Crippen MR) is 116 cm³/mol. The van der Waals surface area contributed by atoms with Gasteiger partial charge in [-0.05, 0) is 24.1 Å². The number of aromatic nitrogens is 1. The number of carbonyl (C=O) groups is 1. The number of hydrogen-bond acceptors (Lipinski definition) is 5. The third-order valence-corrected chi connectivity index (χ3v) is 4.88. The lowest BCUT2D eigenvalue weighted by molar-refractivity contribution is -0.140. The van der Waals surface area contributed by atoms with Crippen LogP contribution >= 0.6 is 0 Å². The summed E-state index contributed by atoms with van der Waals surface area (Å²) in [5.41, 5.74) is 1.70. The number of carboxylic acids is 1. The van der Waals surface area contributed by atoms with Crippen molar-refractivity contribution in [1.82, 2.24) is 4.57 Å². The quantitative estimate of drug-likeness (QED) is 0.422. The Hall–Kier alpha value is -3.96. The van der Waals surface area contributed by atoms with Gasteiger partial charge < -0.3 is 9.84 Å². The molecule has 0 aliphatic carbocycles. The maximum absolute atomic E-state index is 13.2. The van der Waals surface area contributed by atoms with E-state index >= 15 is 0 Å². The molecule has 2 aromatic carbocycles. The van der Waals surface area contributed by atoms with Crippen LogP contribution in [-0.2, 0) is 22.4 Å². The molecule has 0 amide bonds. The predicted octanol–water partition coefficient (Wildman–Crippen LogP) is 3.67. The Morgan fingerprint density at radius 3 is 2.29 bits per heavy atom. The molecule has 0 aliphatic heterocycles. The Balaban J connectivity index is 2.02. The van der Waals surface area contributed by atoms with E-state index in [4.69, 9.17) is 4.74 Å². The summed E-state index contributed by atoms with van der Waals surface area (Å²) < 4.78 is 6.88. The molecule has 0 spiro atoms. The van der Waals surface area contributed by atoms with Crippen molar-refractivity contribution in [2.45, 2.75) is 25.8 Å². The zero-order chi connectivity index (χ0) is 22.2. The van der Waals surface area contributed by atoms with E-state index < -0.39 is 17.6 Å². The highest BCUT2D eigenvalue weighted by Crippen LogP contribution is 2.27. The lowest BCUT2D eigenvalue weighted by atomic mass is 10.1. The number of aliphatic imine (C=N–C) groups is 1. The number of ether oxygens (including phenoxy) is 1. The number of benzene rings is 2. The highest BCUT2D eigenvalue weighted by atomic mass is 16.5. The van der Waals surface area contributed by atoms with E-state index in [1.807, 2.05) is 60.7 Å². The van der Waals surface area contributed by atoms with E-state index in [9.17, 15) is 19.5 Å². The zero-order valence-electron chi connectivity index (χ0n) is 17.0. The van der Waals surface area contributed by atoms with Crippen molar-refractivity contribution < 1.29 is 19.4 Å². The van der Waals surface area contributed by atoms with E-state index in [0.717, 1.165) is 11.1 Å². The van der Waals surface area contributed by atoms with Crippen LogP contribution in [0.1, 0.15) is 29.8 Å². The Morgan fingerprint density at radius 1 is 1.10 bits per heavy atom. The standard InChI is InChI=1S/C24H22N2O5/c1-17(24(29)30)26-20(14-19-10-6-3-7-11-19)15-21(25-16-27)22(23(26)28)31-13-12-18-8-4-2-5-9-18/h2-11,15,17H,12-14H2,1H3,(H,29,30). The maximum Gasteiger partial charge on any atom is 0.326 e. The van der Waals surface area contributed by atoms with Crippen LogP contribution in [0.4, 0.5) is 5.69 Å². The molecule has 3 aromatic rings. The molecular weight excluding hydrogens is 396 g/mol. The summed E-state index contributed by atoms with van der Waals surface area (Å²) in [5, 5.41) is 9.55. The highest BCUT2D eigenvalue weighted by molar-refractivity contribution is 5.72. The summed E-state index contributed by atoms with van der Waals surface area (Å²) in [6.45, 7) is 1.59. The number of aliphatic carboxylic acids is 1. The molecule has 31 heavy (non-hydrogen) atoms. The molecule has 1 heterocycles. The fourth-order valence-corrected chi connectivity index (χ4v) is 3.30. The lowest BCUT2D eigenvalue weighted by Gasteiger charge is -2.19. The van der Waals surface area contributed by atoms with Crippen LogP contribution in [0.3, 0.4) is 0 Å². The van der Waals surface area contributed by atoms with Gasteiger partial charge in [-0.1, -0.05) is 60.7 Å². The molecule has 0 radical (unpaired) electrons. The molecular formula is C24H22N2O5. The van der Waals surface area contributed by atoms with Gasteiger partial charge >= 0.3 is 5.97 Å². The molecule has 1 atom stereocenters. The van der Waals surface area contributed by atoms with Crippen LogP contribution in [0.15, 0.2) is 76.5 Å². The van der Waals surface area contributed by atoms with Crippen molar-refractivity contribution in [3.63, 3.8) is 0 Å². The number of nitrogens with zero attached hydrogens (tertiary/aromatic N) is 2. The average Bonchev–Trinajstić information content (AvgIpc) is 2.77. The monoisotopic (exact) mass is 418 g/mol. The molecule has 0 saturated heterocycles. The number of hydrogen-bond donors (Lipinski definition) is 1. The van der Waals surface area contributed by atoms with Gasteiger partial charge in [0.1, 0.15) is 11.7 Å². The van der Waals surface area contributed by atoms with Crippen molar-refractivity contribution in [3.8, 4) is 5.75 Å². The van der Waals surface area contributed by atoms with Gasteiger partial charge in [0.05, 0.1) is 6.61 Å². The number of rotatable bonds is 9. The van der Waals surface area contributed by atoms with Crippen molar-refractivity contribution in [1.29, 1.82) is 0 Å². The first-order chi connectivity index (χ1) is 15.0. The van der Waals surface area contributed by atoms with E-state index in [1.165, 1.54) is 23.6 Å². The highest BCUT2D eigenvalue weighted by Gasteiger charge is 2.23. The minimum Gasteiger partial charge on any atom is -0.486 e. The van der Waals surface area contributed by atoms with Crippen LogP contribution < -0.4 is 10.3 Å². The Kier molecular flexibility index (Phi) is 7.14. The van der Waals surface area contributed by atoms with Crippen molar-refractivity contribution in [2.75, 3.05) is 6.61 Å². The van der Waals surface area contributed by atoms with Crippen LogP contribution in [0.2, 0.25) is 0 Å². The minimum absolute atomic E-state index is 0.0350. The molecule has 1 N–H and O–H groups in total. The Morgan fingerprint density at radius 2 is 1.71 bits per heavy atom. The third kappa shape index (κ3) is 5.35. The number of carbonyl (C=O) groups excluding carboxylic acids is 1. The third-order valence-electron chi connectivity index (χ3n) is 4.88. The van der Waals surface area contributed by atoms with E-state index in [2.05, 4.69) is 4.99 Å². The van der Waals surface area contributed by atoms with Gasteiger partial charge in [0.2, 0.25) is 11.8 Å². The summed E-state index contributed by atoms with van der Waals surface area (Å²) in [6, 6.07) is 19.3. The topological polar surface area (TPSA) is 98.0 Å². The second-order valence-electron chi connectivity index (χ2n) is 6.99. The van der Waals surface area contributed by atoms with Gasteiger partial charge in [-0.15, -0.1) is 0 Å². The molecule has 158 valence electrons. The largest absolute Gasteiger partial charge is 0.486 e. The van der Waals surface area contributed by atoms with Gasteiger partial charge in [-0.3, -0.25) is 9.36 Å². The summed E-state index contributed by atoms with van der Waals surface area (Å²) >= 11 is 0. The first-order valence-corrected chi connectivity index (χ1v) is 9.81. The van der Waals surface area contributed by atoms with Gasteiger partial charge in [0, 0.05) is 18.5 Å². The molecule has 0 aliphatic rings. The lowest BCUT2D eigenvalue weighted by Crippen LogP contribution is -2.32. The smallest absolute Gasteiger partial charge is 0.326 e. The van der Waals surface area contributed by atoms with Gasteiger partial charge in [-0.25, -0.2) is 9.59 Å². The Labute approximate surface area is 179 Å². The first-order valence-electron chi connectivity index (χ1n) is 9.81. The van der Waals surface area contributed by atoms with Gasteiger partial charge in [0.25, 0.3) is 5.56 Å². The van der Waals surface area contributed by atoms with Crippen LogP contribution in [-0.4, -0.2) is 28.3 Å². The summed E-state index contributed by atoms with van der Waals surface area (Å²) in [7, 11) is 0. The van der Waals surface area contributed by atoms with E-state index in [0.29, 0.717) is 18.5 Å². The summed E-state index contributed by atoms with van der Waals surface area (Å²) in [5.74, 6) is -1.32. The minimum atomic E-state index is -1.15. The normalized spacial score (nSPS) is 11.4. The fourth-order valence-electron chi connectivity index (χ4n) is 3.30. The first kappa shape index (κ1) is 21.7. The van der Waals surface area contributed by atoms with Gasteiger partial charge in [-0.2, -0.15) is 4.99 Å². The van der Waals surface area contributed by atoms with Gasteiger partial charge in [0.15, 0.2) is 0 Å². The molecule has 0 fully saturated rings. The molecule has 7 nitrogen and oxygen atoms in total. The van der Waals surface area contributed by atoms with E-state index in [-0.39, 0.29) is 18.0 Å². The van der Waals surface area contributed by atoms with Crippen LogP contribution in [0.5, 0.6) is 5.75 Å². The molecule has 0 bridgehead atoms. The fraction of sp³-hybridized carbons (Fsp3) is 0.208. The zero-order valence-corrected chi connectivity index (χ0v) is 17.0. The van der Waals surface area contributed by atoms with Crippen LogP contribution in [0.25, 0.3) is 0 Å². The van der Waals surface area contributed by atoms with Crippen molar-refractivity contribution >= 4 is 17.7 Å². The molecule has 7 heteroatoms.